The van der Waals surface area contributed by atoms with E-state index in [9.17, 15) is 0 Å². The van der Waals surface area contributed by atoms with E-state index in [0.29, 0.717) is 6.54 Å². The zero-order chi connectivity index (χ0) is 12.6. The SMILES string of the molecule is NCc1ccc(OCCN2CCCCCC2)cc1. The third kappa shape index (κ3) is 4.31. The van der Waals surface area contributed by atoms with E-state index in [-0.39, 0.29) is 0 Å². The van der Waals surface area contributed by atoms with Gasteiger partial charge in [-0.25, -0.2) is 0 Å². The van der Waals surface area contributed by atoms with Crippen molar-refractivity contribution in [1.82, 2.24) is 4.90 Å². The van der Waals surface area contributed by atoms with Gasteiger partial charge in [-0.2, -0.15) is 0 Å². The number of benzene rings is 1. The van der Waals surface area contributed by atoms with Gasteiger partial charge < -0.3 is 10.5 Å². The molecule has 0 amide bonds. The van der Waals surface area contributed by atoms with Gasteiger partial charge in [-0.3, -0.25) is 4.90 Å². The molecule has 1 heterocycles. The van der Waals surface area contributed by atoms with Gasteiger partial charge in [-0.05, 0) is 43.6 Å². The largest absolute Gasteiger partial charge is 0.492 e. The van der Waals surface area contributed by atoms with E-state index in [1.165, 1.54) is 38.8 Å². The molecular weight excluding hydrogens is 224 g/mol. The first-order valence-electron chi connectivity index (χ1n) is 7.02. The number of ether oxygens (including phenoxy) is 1. The Kier molecular flexibility index (Phi) is 5.49. The van der Waals surface area contributed by atoms with Crippen molar-refractivity contribution in [2.75, 3.05) is 26.2 Å². The summed E-state index contributed by atoms with van der Waals surface area (Å²) in [6.45, 7) is 4.87. The lowest BCUT2D eigenvalue weighted by Gasteiger charge is -2.19. The van der Waals surface area contributed by atoms with Crippen LogP contribution >= 0.6 is 0 Å². The van der Waals surface area contributed by atoms with Crippen LogP contribution in [-0.4, -0.2) is 31.1 Å². The van der Waals surface area contributed by atoms with Crippen LogP contribution in [-0.2, 0) is 6.54 Å². The molecule has 3 heteroatoms. The average Bonchev–Trinajstić information content (AvgIpc) is 2.68. The lowest BCUT2D eigenvalue weighted by molar-refractivity contribution is 0.214. The lowest BCUT2D eigenvalue weighted by Crippen LogP contribution is -2.29. The van der Waals surface area contributed by atoms with Gasteiger partial charge in [0.05, 0.1) is 0 Å². The third-order valence-electron chi connectivity index (χ3n) is 3.53. The van der Waals surface area contributed by atoms with E-state index < -0.39 is 0 Å². The summed E-state index contributed by atoms with van der Waals surface area (Å²) >= 11 is 0. The Labute approximate surface area is 110 Å². The summed E-state index contributed by atoms with van der Waals surface area (Å²) in [4.78, 5) is 2.52. The molecule has 1 fully saturated rings. The van der Waals surface area contributed by atoms with Crippen molar-refractivity contribution in [3.63, 3.8) is 0 Å². The normalized spacial score (nSPS) is 17.4. The minimum Gasteiger partial charge on any atom is -0.492 e. The smallest absolute Gasteiger partial charge is 0.119 e. The van der Waals surface area contributed by atoms with Crippen molar-refractivity contribution in [3.8, 4) is 5.75 Å². The summed E-state index contributed by atoms with van der Waals surface area (Å²) in [6, 6.07) is 8.07. The monoisotopic (exact) mass is 248 g/mol. The molecule has 1 aliphatic heterocycles. The molecular formula is C15H24N2O. The third-order valence-corrected chi connectivity index (χ3v) is 3.53. The van der Waals surface area contributed by atoms with Crippen molar-refractivity contribution in [2.24, 2.45) is 5.73 Å². The summed E-state index contributed by atoms with van der Waals surface area (Å²) in [7, 11) is 0. The molecule has 1 aromatic rings. The number of hydrogen-bond donors (Lipinski definition) is 1. The second-order valence-electron chi connectivity index (χ2n) is 4.95. The first-order valence-corrected chi connectivity index (χ1v) is 7.02. The van der Waals surface area contributed by atoms with E-state index in [0.717, 1.165) is 24.5 Å². The highest BCUT2D eigenvalue weighted by Crippen LogP contribution is 2.13. The Hall–Kier alpha value is -1.06. The van der Waals surface area contributed by atoms with Crippen molar-refractivity contribution < 1.29 is 4.74 Å². The molecule has 0 unspecified atom stereocenters. The van der Waals surface area contributed by atoms with E-state index in [2.05, 4.69) is 4.90 Å². The van der Waals surface area contributed by atoms with Crippen LogP contribution in [0.5, 0.6) is 5.75 Å². The standard InChI is InChI=1S/C15H24N2O/c16-13-14-5-7-15(8-6-14)18-12-11-17-9-3-1-2-4-10-17/h5-8H,1-4,9-13,16H2. The Morgan fingerprint density at radius 2 is 1.67 bits per heavy atom. The average molecular weight is 248 g/mol. The maximum Gasteiger partial charge on any atom is 0.119 e. The van der Waals surface area contributed by atoms with Crippen LogP contribution in [0.1, 0.15) is 31.2 Å². The number of nitrogens with zero attached hydrogens (tertiary/aromatic N) is 1. The van der Waals surface area contributed by atoms with Gasteiger partial charge in [-0.1, -0.05) is 25.0 Å². The minimum atomic E-state index is 0.591. The molecule has 0 aliphatic carbocycles. The van der Waals surface area contributed by atoms with Crippen molar-refractivity contribution in [2.45, 2.75) is 32.2 Å². The minimum absolute atomic E-state index is 0.591. The second kappa shape index (κ2) is 7.39. The van der Waals surface area contributed by atoms with E-state index in [1.54, 1.807) is 0 Å². The van der Waals surface area contributed by atoms with Gasteiger partial charge in [0.25, 0.3) is 0 Å². The summed E-state index contributed by atoms with van der Waals surface area (Å²) in [6.07, 6.45) is 5.45. The summed E-state index contributed by atoms with van der Waals surface area (Å²) in [5.41, 5.74) is 6.71. The molecule has 0 bridgehead atoms. The highest BCUT2D eigenvalue weighted by molar-refractivity contribution is 5.27. The molecule has 0 radical (unpaired) electrons. The first kappa shape index (κ1) is 13.4. The highest BCUT2D eigenvalue weighted by Gasteiger charge is 2.08. The fourth-order valence-corrected chi connectivity index (χ4v) is 2.37. The van der Waals surface area contributed by atoms with E-state index in [4.69, 9.17) is 10.5 Å². The Balaban J connectivity index is 1.70. The molecule has 0 spiro atoms. The Morgan fingerprint density at radius 1 is 1.00 bits per heavy atom. The van der Waals surface area contributed by atoms with Gasteiger partial charge in [0.1, 0.15) is 12.4 Å². The van der Waals surface area contributed by atoms with Crippen molar-refractivity contribution in [3.05, 3.63) is 29.8 Å². The van der Waals surface area contributed by atoms with Crippen LogP contribution in [0.3, 0.4) is 0 Å². The molecule has 0 atom stereocenters. The van der Waals surface area contributed by atoms with Crippen LogP contribution in [0, 0.1) is 0 Å². The van der Waals surface area contributed by atoms with Crippen LogP contribution in [0.2, 0.25) is 0 Å². The molecule has 2 N–H and O–H groups in total. The lowest BCUT2D eigenvalue weighted by atomic mass is 10.2. The molecule has 18 heavy (non-hydrogen) atoms. The maximum absolute atomic E-state index is 5.77. The van der Waals surface area contributed by atoms with E-state index >= 15 is 0 Å². The summed E-state index contributed by atoms with van der Waals surface area (Å²) < 4.78 is 5.77. The van der Waals surface area contributed by atoms with Gasteiger partial charge in [0.2, 0.25) is 0 Å². The predicted molar refractivity (Wildman–Crippen MR) is 74.7 cm³/mol. The molecule has 1 aliphatic rings. The topological polar surface area (TPSA) is 38.5 Å². The van der Waals surface area contributed by atoms with Gasteiger partial charge >= 0.3 is 0 Å². The molecule has 100 valence electrons. The molecule has 2 rings (SSSR count). The van der Waals surface area contributed by atoms with Gasteiger partial charge in [0, 0.05) is 13.1 Å². The zero-order valence-corrected chi connectivity index (χ0v) is 11.1. The van der Waals surface area contributed by atoms with Crippen molar-refractivity contribution in [1.29, 1.82) is 0 Å². The fraction of sp³-hybridized carbons (Fsp3) is 0.600. The molecule has 1 aromatic carbocycles. The van der Waals surface area contributed by atoms with Crippen LogP contribution in [0.4, 0.5) is 0 Å². The molecule has 0 saturated carbocycles. The summed E-state index contributed by atoms with van der Waals surface area (Å²) in [5, 5.41) is 0. The van der Waals surface area contributed by atoms with E-state index in [1.807, 2.05) is 24.3 Å². The van der Waals surface area contributed by atoms with Crippen LogP contribution in [0.15, 0.2) is 24.3 Å². The molecule has 3 nitrogen and oxygen atoms in total. The van der Waals surface area contributed by atoms with Crippen LogP contribution in [0.25, 0.3) is 0 Å². The zero-order valence-electron chi connectivity index (χ0n) is 11.1. The summed E-state index contributed by atoms with van der Waals surface area (Å²) in [5.74, 6) is 0.946. The predicted octanol–water partition coefficient (Wildman–Crippen LogP) is 2.40. The Bertz CT molecular complexity index is 329. The number of nitrogens with two attached hydrogens (primary N) is 1. The number of likely N-dealkylation sites (tertiary alicyclic amines) is 1. The van der Waals surface area contributed by atoms with Crippen molar-refractivity contribution >= 4 is 0 Å². The van der Waals surface area contributed by atoms with Gasteiger partial charge in [0.15, 0.2) is 0 Å². The Morgan fingerprint density at radius 3 is 2.28 bits per heavy atom. The second-order valence-corrected chi connectivity index (χ2v) is 4.95. The first-order chi connectivity index (χ1) is 8.88. The highest BCUT2D eigenvalue weighted by atomic mass is 16.5. The molecule has 0 aromatic heterocycles. The quantitative estimate of drug-likeness (QED) is 0.869. The molecule has 1 saturated heterocycles. The fourth-order valence-electron chi connectivity index (χ4n) is 2.37. The number of hydrogen-bond acceptors (Lipinski definition) is 3. The number of rotatable bonds is 5. The maximum atomic E-state index is 5.77. The van der Waals surface area contributed by atoms with Crippen LogP contribution < -0.4 is 10.5 Å². The van der Waals surface area contributed by atoms with Gasteiger partial charge in [-0.15, -0.1) is 0 Å².